The fraction of sp³-hybridized carbons (Fsp3) is 0.240. The van der Waals surface area contributed by atoms with E-state index in [1.165, 1.54) is 0 Å². The third-order valence-corrected chi connectivity index (χ3v) is 5.28. The minimum absolute atomic E-state index is 0.283. The number of para-hydroxylation sites is 1. The van der Waals surface area contributed by atoms with Crippen LogP contribution in [0.5, 0.6) is 5.75 Å². The van der Waals surface area contributed by atoms with Crippen LogP contribution < -0.4 is 4.74 Å². The molecule has 0 aliphatic carbocycles. The Labute approximate surface area is 187 Å². The third-order valence-electron chi connectivity index (χ3n) is 4.78. The van der Waals surface area contributed by atoms with Gasteiger partial charge in [-0.05, 0) is 60.9 Å². The fourth-order valence-electron chi connectivity index (χ4n) is 3.24. The summed E-state index contributed by atoms with van der Waals surface area (Å²) < 4.78 is 11.7. The van der Waals surface area contributed by atoms with E-state index in [0.717, 1.165) is 16.7 Å². The van der Waals surface area contributed by atoms with E-state index in [1.54, 1.807) is 26.0 Å². The zero-order chi connectivity index (χ0) is 21.6. The summed E-state index contributed by atoms with van der Waals surface area (Å²) in [6.07, 6.45) is 1.02. The van der Waals surface area contributed by atoms with Crippen molar-refractivity contribution in [1.29, 1.82) is 0 Å². The first-order valence-corrected chi connectivity index (χ1v) is 10.6. The SMILES string of the molecule is CCOC(=O)C(C)(Cc1ccc(Cl)cc1)Oc1ccccc1Cc1ccc(Cl)cc1. The molecule has 0 aliphatic rings. The highest BCUT2D eigenvalue weighted by molar-refractivity contribution is 6.30. The summed E-state index contributed by atoms with van der Waals surface area (Å²) in [7, 11) is 0. The van der Waals surface area contributed by atoms with Gasteiger partial charge in [-0.1, -0.05) is 65.7 Å². The Kier molecular flexibility index (Phi) is 7.41. The maximum atomic E-state index is 12.9. The third kappa shape index (κ3) is 5.78. The van der Waals surface area contributed by atoms with E-state index in [1.807, 2.05) is 60.7 Å². The largest absolute Gasteiger partial charge is 0.475 e. The molecule has 0 aliphatic heterocycles. The second kappa shape index (κ2) is 10.0. The van der Waals surface area contributed by atoms with Crippen LogP contribution >= 0.6 is 23.2 Å². The average molecular weight is 443 g/mol. The van der Waals surface area contributed by atoms with Crippen molar-refractivity contribution in [3.05, 3.63) is 99.5 Å². The van der Waals surface area contributed by atoms with Gasteiger partial charge in [0.25, 0.3) is 0 Å². The molecule has 1 atom stereocenters. The van der Waals surface area contributed by atoms with Crippen LogP contribution in [-0.2, 0) is 22.4 Å². The van der Waals surface area contributed by atoms with Crippen LogP contribution in [0, 0.1) is 0 Å². The van der Waals surface area contributed by atoms with Crippen LogP contribution in [0.3, 0.4) is 0 Å². The molecular formula is C25H24Cl2O3. The smallest absolute Gasteiger partial charge is 0.350 e. The molecule has 0 radical (unpaired) electrons. The lowest BCUT2D eigenvalue weighted by molar-refractivity contribution is -0.160. The van der Waals surface area contributed by atoms with Crippen LogP contribution in [0.1, 0.15) is 30.5 Å². The van der Waals surface area contributed by atoms with Crippen molar-refractivity contribution in [1.82, 2.24) is 0 Å². The van der Waals surface area contributed by atoms with Crippen molar-refractivity contribution in [3.8, 4) is 5.75 Å². The molecule has 0 fully saturated rings. The first-order chi connectivity index (χ1) is 14.4. The molecule has 0 bridgehead atoms. The molecule has 0 amide bonds. The van der Waals surface area contributed by atoms with Gasteiger partial charge in [0.2, 0.25) is 5.60 Å². The van der Waals surface area contributed by atoms with E-state index in [0.29, 0.717) is 28.6 Å². The number of carbonyl (C=O) groups is 1. The molecule has 156 valence electrons. The van der Waals surface area contributed by atoms with Crippen LogP contribution in [0.2, 0.25) is 10.0 Å². The normalized spacial score (nSPS) is 12.8. The highest BCUT2D eigenvalue weighted by Gasteiger charge is 2.38. The van der Waals surface area contributed by atoms with Gasteiger partial charge in [-0.25, -0.2) is 4.79 Å². The van der Waals surface area contributed by atoms with E-state index in [-0.39, 0.29) is 6.61 Å². The second-order valence-electron chi connectivity index (χ2n) is 7.27. The van der Waals surface area contributed by atoms with E-state index in [4.69, 9.17) is 32.7 Å². The summed E-state index contributed by atoms with van der Waals surface area (Å²) in [5.41, 5.74) is 1.84. The molecule has 0 saturated heterocycles. The highest BCUT2D eigenvalue weighted by Crippen LogP contribution is 2.29. The van der Waals surface area contributed by atoms with E-state index in [9.17, 15) is 4.79 Å². The number of halogens is 2. The monoisotopic (exact) mass is 442 g/mol. The molecule has 5 heteroatoms. The predicted molar refractivity (Wildman–Crippen MR) is 122 cm³/mol. The minimum Gasteiger partial charge on any atom is -0.475 e. The average Bonchev–Trinajstić information content (AvgIpc) is 2.73. The molecule has 1 unspecified atom stereocenters. The molecule has 0 heterocycles. The Morgan fingerprint density at radius 2 is 1.43 bits per heavy atom. The summed E-state index contributed by atoms with van der Waals surface area (Å²) in [5.74, 6) is 0.248. The molecule has 0 N–H and O–H groups in total. The van der Waals surface area contributed by atoms with Crippen molar-refractivity contribution in [2.24, 2.45) is 0 Å². The van der Waals surface area contributed by atoms with Crippen molar-refractivity contribution >= 4 is 29.2 Å². The van der Waals surface area contributed by atoms with Gasteiger partial charge in [0.1, 0.15) is 5.75 Å². The standard InChI is InChI=1S/C25H24Cl2O3/c1-3-29-24(28)25(2,17-19-10-14-22(27)15-11-19)30-23-7-5-4-6-20(23)16-18-8-12-21(26)13-9-18/h4-15H,3,16-17H2,1-2H3. The first-order valence-electron chi connectivity index (χ1n) is 9.82. The van der Waals surface area contributed by atoms with Gasteiger partial charge in [0.05, 0.1) is 6.61 Å². The fourth-order valence-corrected chi connectivity index (χ4v) is 3.49. The van der Waals surface area contributed by atoms with Crippen molar-refractivity contribution in [2.45, 2.75) is 32.3 Å². The first kappa shape index (κ1) is 22.2. The number of carbonyl (C=O) groups excluding carboxylic acids is 1. The molecule has 0 spiro atoms. The van der Waals surface area contributed by atoms with Gasteiger partial charge in [0, 0.05) is 22.9 Å². The van der Waals surface area contributed by atoms with Gasteiger partial charge in [0.15, 0.2) is 0 Å². The lowest BCUT2D eigenvalue weighted by Gasteiger charge is -2.29. The topological polar surface area (TPSA) is 35.5 Å². The predicted octanol–water partition coefficient (Wildman–Crippen LogP) is 6.53. The zero-order valence-electron chi connectivity index (χ0n) is 17.0. The number of esters is 1. The summed E-state index contributed by atoms with van der Waals surface area (Å²) >= 11 is 12.0. The summed E-state index contributed by atoms with van der Waals surface area (Å²) in [5, 5.41) is 1.34. The van der Waals surface area contributed by atoms with Crippen molar-refractivity contribution in [2.75, 3.05) is 6.61 Å². The zero-order valence-corrected chi connectivity index (χ0v) is 18.5. The number of rotatable bonds is 8. The van der Waals surface area contributed by atoms with E-state index in [2.05, 4.69) is 0 Å². The molecule has 3 aromatic carbocycles. The quantitative estimate of drug-likeness (QED) is 0.372. The molecular weight excluding hydrogens is 419 g/mol. The maximum Gasteiger partial charge on any atom is 0.350 e. The summed E-state index contributed by atoms with van der Waals surface area (Å²) in [6.45, 7) is 3.83. The van der Waals surface area contributed by atoms with E-state index >= 15 is 0 Å². The highest BCUT2D eigenvalue weighted by atomic mass is 35.5. The van der Waals surface area contributed by atoms with Crippen molar-refractivity contribution < 1.29 is 14.3 Å². The Bertz CT molecular complexity index is 984. The molecule has 3 rings (SSSR count). The lowest BCUT2D eigenvalue weighted by Crippen LogP contribution is -2.45. The van der Waals surface area contributed by atoms with Crippen LogP contribution in [0.25, 0.3) is 0 Å². The maximum absolute atomic E-state index is 12.9. The number of ether oxygens (including phenoxy) is 2. The second-order valence-corrected chi connectivity index (χ2v) is 8.14. The Morgan fingerprint density at radius 1 is 0.867 bits per heavy atom. The lowest BCUT2D eigenvalue weighted by atomic mass is 9.95. The number of hydrogen-bond donors (Lipinski definition) is 0. The summed E-state index contributed by atoms with van der Waals surface area (Å²) in [4.78, 5) is 12.9. The van der Waals surface area contributed by atoms with Crippen LogP contribution in [0.15, 0.2) is 72.8 Å². The number of benzene rings is 3. The minimum atomic E-state index is -1.18. The van der Waals surface area contributed by atoms with Crippen LogP contribution in [-0.4, -0.2) is 18.2 Å². The molecule has 30 heavy (non-hydrogen) atoms. The van der Waals surface area contributed by atoms with Gasteiger partial charge in [-0.2, -0.15) is 0 Å². The van der Waals surface area contributed by atoms with Gasteiger partial charge in [-0.15, -0.1) is 0 Å². The summed E-state index contributed by atoms with van der Waals surface area (Å²) in [6, 6.07) is 22.8. The van der Waals surface area contributed by atoms with Gasteiger partial charge >= 0.3 is 5.97 Å². The molecule has 0 aromatic heterocycles. The molecule has 3 nitrogen and oxygen atoms in total. The number of hydrogen-bond acceptors (Lipinski definition) is 3. The van der Waals surface area contributed by atoms with E-state index < -0.39 is 11.6 Å². The van der Waals surface area contributed by atoms with Crippen LogP contribution in [0.4, 0.5) is 0 Å². The van der Waals surface area contributed by atoms with Gasteiger partial charge < -0.3 is 9.47 Å². The Balaban J connectivity index is 1.89. The Hall–Kier alpha value is -2.49. The Morgan fingerprint density at radius 3 is 2.03 bits per heavy atom. The van der Waals surface area contributed by atoms with Gasteiger partial charge in [-0.3, -0.25) is 0 Å². The molecule has 0 saturated carbocycles. The van der Waals surface area contributed by atoms with Crippen molar-refractivity contribution in [3.63, 3.8) is 0 Å². The molecule has 3 aromatic rings.